The lowest BCUT2D eigenvalue weighted by Gasteiger charge is -2.31. The molecular formula is C11H20N4S. The zero-order chi connectivity index (χ0) is 11.5. The molecule has 1 fully saturated rings. The average molecular weight is 240 g/mol. The number of hydrogen-bond acceptors (Lipinski definition) is 3. The Labute approximate surface area is 102 Å². The zero-order valence-electron chi connectivity index (χ0n) is 10.1. The van der Waals surface area contributed by atoms with Gasteiger partial charge in [0.15, 0.2) is 4.77 Å². The van der Waals surface area contributed by atoms with E-state index in [2.05, 4.69) is 33.6 Å². The van der Waals surface area contributed by atoms with Crippen molar-refractivity contribution in [1.29, 1.82) is 0 Å². The Morgan fingerprint density at radius 3 is 2.75 bits per heavy atom. The molecule has 1 aliphatic carbocycles. The Bertz CT molecular complexity index is 389. The lowest BCUT2D eigenvalue weighted by Crippen LogP contribution is -2.35. The number of nitrogens with one attached hydrogen (secondary N) is 1. The van der Waals surface area contributed by atoms with Gasteiger partial charge >= 0.3 is 0 Å². The van der Waals surface area contributed by atoms with Crippen molar-refractivity contribution >= 4 is 18.2 Å². The highest BCUT2D eigenvalue weighted by atomic mass is 32.1. The molecule has 1 heterocycles. The lowest BCUT2D eigenvalue weighted by atomic mass is 9.95. The van der Waals surface area contributed by atoms with Crippen LogP contribution in [-0.4, -0.2) is 27.9 Å². The maximum atomic E-state index is 5.21. The van der Waals surface area contributed by atoms with Crippen molar-refractivity contribution in [2.75, 3.05) is 11.9 Å². The van der Waals surface area contributed by atoms with E-state index in [1.54, 1.807) is 0 Å². The summed E-state index contributed by atoms with van der Waals surface area (Å²) in [5, 5.41) is 7.22. The lowest BCUT2D eigenvalue weighted by molar-refractivity contribution is 0.421. The Morgan fingerprint density at radius 2 is 2.12 bits per heavy atom. The Kier molecular flexibility index (Phi) is 3.63. The predicted molar refractivity (Wildman–Crippen MR) is 68.4 cm³/mol. The van der Waals surface area contributed by atoms with Gasteiger partial charge in [0, 0.05) is 19.6 Å². The molecule has 5 heteroatoms. The number of aromatic nitrogens is 3. The minimum atomic E-state index is 0.629. The second-order valence-electron chi connectivity index (χ2n) is 4.48. The normalized spacial score (nSPS) is 17.6. The summed E-state index contributed by atoms with van der Waals surface area (Å²) >= 11 is 5.21. The summed E-state index contributed by atoms with van der Waals surface area (Å²) in [5.41, 5.74) is 0. The first-order valence-corrected chi connectivity index (χ1v) is 6.53. The molecule has 4 nitrogen and oxygen atoms in total. The van der Waals surface area contributed by atoms with Crippen LogP contribution in [0.5, 0.6) is 0 Å². The van der Waals surface area contributed by atoms with E-state index in [1.165, 1.54) is 32.1 Å². The second-order valence-corrected chi connectivity index (χ2v) is 4.86. The van der Waals surface area contributed by atoms with Crippen LogP contribution in [0.15, 0.2) is 0 Å². The van der Waals surface area contributed by atoms with Crippen molar-refractivity contribution in [3.8, 4) is 0 Å². The molecule has 16 heavy (non-hydrogen) atoms. The number of aromatic amines is 1. The summed E-state index contributed by atoms with van der Waals surface area (Å²) in [5.74, 6) is 0.986. The molecule has 0 spiro atoms. The zero-order valence-corrected chi connectivity index (χ0v) is 10.9. The van der Waals surface area contributed by atoms with Crippen LogP contribution in [0, 0.1) is 4.77 Å². The van der Waals surface area contributed by atoms with Gasteiger partial charge < -0.3 is 4.90 Å². The van der Waals surface area contributed by atoms with E-state index in [9.17, 15) is 0 Å². The Balaban J connectivity index is 2.18. The van der Waals surface area contributed by atoms with Gasteiger partial charge in [-0.05, 0) is 32.0 Å². The summed E-state index contributed by atoms with van der Waals surface area (Å²) in [7, 11) is 2.13. The molecule has 1 aromatic rings. The minimum Gasteiger partial charge on any atom is -0.341 e. The third-order valence-corrected chi connectivity index (χ3v) is 3.80. The minimum absolute atomic E-state index is 0.629. The first-order chi connectivity index (χ1) is 7.74. The highest BCUT2D eigenvalue weighted by molar-refractivity contribution is 7.71. The molecule has 1 aliphatic rings. The molecule has 0 saturated heterocycles. The van der Waals surface area contributed by atoms with E-state index >= 15 is 0 Å². The number of H-pyrrole nitrogens is 1. The van der Waals surface area contributed by atoms with Gasteiger partial charge in [0.2, 0.25) is 5.95 Å². The van der Waals surface area contributed by atoms with Gasteiger partial charge in [-0.1, -0.05) is 19.3 Å². The largest absolute Gasteiger partial charge is 0.341 e. The van der Waals surface area contributed by atoms with Crippen molar-refractivity contribution in [3.63, 3.8) is 0 Å². The number of hydrogen-bond donors (Lipinski definition) is 1. The van der Waals surface area contributed by atoms with Gasteiger partial charge in [-0.25, -0.2) is 5.10 Å². The van der Waals surface area contributed by atoms with Gasteiger partial charge in [0.05, 0.1) is 0 Å². The van der Waals surface area contributed by atoms with E-state index in [0.717, 1.165) is 17.3 Å². The maximum Gasteiger partial charge on any atom is 0.225 e. The summed E-state index contributed by atoms with van der Waals surface area (Å²) in [4.78, 5) is 2.29. The van der Waals surface area contributed by atoms with Crippen LogP contribution in [0.4, 0.5) is 5.95 Å². The molecule has 1 aromatic heterocycles. The van der Waals surface area contributed by atoms with E-state index < -0.39 is 0 Å². The van der Waals surface area contributed by atoms with Crippen LogP contribution in [0.1, 0.15) is 39.0 Å². The fourth-order valence-electron chi connectivity index (χ4n) is 2.50. The summed E-state index contributed by atoms with van der Waals surface area (Å²) in [6.07, 6.45) is 6.61. The first kappa shape index (κ1) is 11.6. The van der Waals surface area contributed by atoms with Crippen LogP contribution < -0.4 is 4.90 Å². The maximum absolute atomic E-state index is 5.21. The fourth-order valence-corrected chi connectivity index (χ4v) is 2.75. The number of nitrogens with zero attached hydrogens (tertiary/aromatic N) is 3. The van der Waals surface area contributed by atoms with Crippen LogP contribution in [0.2, 0.25) is 0 Å². The van der Waals surface area contributed by atoms with E-state index in [1.807, 2.05) is 0 Å². The number of anilines is 1. The molecule has 0 aliphatic heterocycles. The topological polar surface area (TPSA) is 36.9 Å². The predicted octanol–water partition coefficient (Wildman–Crippen LogP) is 2.73. The van der Waals surface area contributed by atoms with Gasteiger partial charge in [0.1, 0.15) is 0 Å². The van der Waals surface area contributed by atoms with Crippen LogP contribution in [0.25, 0.3) is 0 Å². The molecule has 0 unspecified atom stereocenters. The molecule has 90 valence electrons. The third-order valence-electron chi connectivity index (χ3n) is 3.49. The average Bonchev–Trinajstić information content (AvgIpc) is 2.70. The number of rotatable bonds is 3. The third kappa shape index (κ3) is 2.14. The van der Waals surface area contributed by atoms with Crippen LogP contribution in [-0.2, 0) is 6.54 Å². The monoisotopic (exact) mass is 240 g/mol. The molecule has 0 aromatic carbocycles. The summed E-state index contributed by atoms with van der Waals surface area (Å²) < 4.78 is 2.78. The summed E-state index contributed by atoms with van der Waals surface area (Å²) in [6, 6.07) is 0.629. The van der Waals surface area contributed by atoms with Crippen molar-refractivity contribution in [2.24, 2.45) is 0 Å². The SMILES string of the molecule is CCn1c(N(C)C2CCCCC2)n[nH]c1=S. The second kappa shape index (κ2) is 4.99. The van der Waals surface area contributed by atoms with Crippen molar-refractivity contribution in [3.05, 3.63) is 4.77 Å². The molecule has 0 bridgehead atoms. The highest BCUT2D eigenvalue weighted by Crippen LogP contribution is 2.24. The Hall–Kier alpha value is -0.840. The fraction of sp³-hybridized carbons (Fsp3) is 0.818. The van der Waals surface area contributed by atoms with Crippen molar-refractivity contribution in [1.82, 2.24) is 14.8 Å². The van der Waals surface area contributed by atoms with Gasteiger partial charge in [-0.3, -0.25) is 4.57 Å². The Morgan fingerprint density at radius 1 is 1.44 bits per heavy atom. The van der Waals surface area contributed by atoms with Crippen LogP contribution >= 0.6 is 12.2 Å². The smallest absolute Gasteiger partial charge is 0.225 e. The van der Waals surface area contributed by atoms with E-state index in [4.69, 9.17) is 12.2 Å². The molecule has 0 radical (unpaired) electrons. The van der Waals surface area contributed by atoms with Crippen molar-refractivity contribution < 1.29 is 0 Å². The molecule has 2 rings (SSSR count). The van der Waals surface area contributed by atoms with Crippen LogP contribution in [0.3, 0.4) is 0 Å². The molecule has 0 amide bonds. The molecule has 0 atom stereocenters. The van der Waals surface area contributed by atoms with E-state index in [-0.39, 0.29) is 0 Å². The molecular weight excluding hydrogens is 220 g/mol. The highest BCUT2D eigenvalue weighted by Gasteiger charge is 2.21. The molecule has 1 N–H and O–H groups in total. The van der Waals surface area contributed by atoms with Gasteiger partial charge in [-0.2, -0.15) is 0 Å². The standard InChI is InChI=1S/C11H20N4S/c1-3-15-10(12-13-11(15)16)14(2)9-7-5-4-6-8-9/h9H,3-8H2,1-2H3,(H,13,16). The summed E-state index contributed by atoms with van der Waals surface area (Å²) in [6.45, 7) is 2.98. The van der Waals surface area contributed by atoms with Crippen molar-refractivity contribution in [2.45, 2.75) is 51.6 Å². The first-order valence-electron chi connectivity index (χ1n) is 6.12. The van der Waals surface area contributed by atoms with Gasteiger partial charge in [0.25, 0.3) is 0 Å². The van der Waals surface area contributed by atoms with E-state index in [0.29, 0.717) is 6.04 Å². The quantitative estimate of drug-likeness (QED) is 0.825. The molecule has 1 saturated carbocycles. The van der Waals surface area contributed by atoms with Gasteiger partial charge in [-0.15, -0.1) is 5.10 Å².